The zero-order valence-corrected chi connectivity index (χ0v) is 13.1. The quantitative estimate of drug-likeness (QED) is 0.725. The molecule has 6 nitrogen and oxygen atoms in total. The van der Waals surface area contributed by atoms with Crippen molar-refractivity contribution in [2.75, 3.05) is 33.3 Å². The smallest absolute Gasteiger partial charge is 0.309 e. The third-order valence-corrected chi connectivity index (χ3v) is 6.16. The predicted octanol–water partition coefficient (Wildman–Crippen LogP) is 0.848. The van der Waals surface area contributed by atoms with Gasteiger partial charge < -0.3 is 4.74 Å². The summed E-state index contributed by atoms with van der Waals surface area (Å²) in [6, 6.07) is 0. The van der Waals surface area contributed by atoms with Gasteiger partial charge in [0.1, 0.15) is 0 Å². The molecule has 2 rings (SSSR count). The van der Waals surface area contributed by atoms with Crippen LogP contribution in [0.2, 0.25) is 0 Å². The van der Waals surface area contributed by atoms with Crippen LogP contribution in [0.15, 0.2) is 0 Å². The van der Waals surface area contributed by atoms with Gasteiger partial charge in [0.2, 0.25) is 0 Å². The number of carbonyl (C=O) groups is 1. The molecule has 2 aliphatic heterocycles. The molecule has 0 spiro atoms. The molecule has 0 saturated carbocycles. The topological polar surface area (TPSA) is 66.9 Å². The van der Waals surface area contributed by atoms with Crippen molar-refractivity contribution in [2.24, 2.45) is 11.8 Å². The van der Waals surface area contributed by atoms with Gasteiger partial charge in [-0.25, -0.2) is 0 Å². The van der Waals surface area contributed by atoms with Crippen molar-refractivity contribution >= 4 is 16.2 Å². The van der Waals surface area contributed by atoms with E-state index in [1.807, 2.05) is 0 Å². The number of rotatable bonds is 3. The molecule has 0 aromatic heterocycles. The number of ether oxygens (including phenoxy) is 1. The Morgan fingerprint density at radius 2 is 1.70 bits per heavy atom. The first-order valence-electron chi connectivity index (χ1n) is 7.28. The van der Waals surface area contributed by atoms with E-state index in [1.165, 1.54) is 11.4 Å². The molecule has 0 aromatic rings. The molecule has 116 valence electrons. The maximum absolute atomic E-state index is 12.6. The van der Waals surface area contributed by atoms with Gasteiger partial charge in [0.25, 0.3) is 10.2 Å². The minimum absolute atomic E-state index is 0.250. The normalized spacial score (nSPS) is 30.1. The molecule has 0 amide bonds. The number of esters is 1. The molecule has 20 heavy (non-hydrogen) atoms. The third kappa shape index (κ3) is 3.32. The molecule has 2 fully saturated rings. The maximum atomic E-state index is 12.6. The zero-order chi connectivity index (χ0) is 14.8. The SMILES string of the molecule is COC(=O)C1CCCN(S(=O)(=O)N2CCCC(C)C2)C1. The maximum Gasteiger partial charge on any atom is 0.309 e. The molecule has 0 aromatic carbocycles. The van der Waals surface area contributed by atoms with Gasteiger partial charge in [0.05, 0.1) is 13.0 Å². The van der Waals surface area contributed by atoms with E-state index in [4.69, 9.17) is 4.74 Å². The Morgan fingerprint density at radius 1 is 1.10 bits per heavy atom. The predicted molar refractivity (Wildman–Crippen MR) is 75.2 cm³/mol. The lowest BCUT2D eigenvalue weighted by Gasteiger charge is -2.37. The summed E-state index contributed by atoms with van der Waals surface area (Å²) < 4.78 is 33.0. The summed E-state index contributed by atoms with van der Waals surface area (Å²) >= 11 is 0. The van der Waals surface area contributed by atoms with Crippen molar-refractivity contribution in [3.05, 3.63) is 0 Å². The number of hydrogen-bond acceptors (Lipinski definition) is 4. The van der Waals surface area contributed by atoms with E-state index in [0.717, 1.165) is 12.8 Å². The Balaban J connectivity index is 2.06. The van der Waals surface area contributed by atoms with Crippen LogP contribution < -0.4 is 0 Å². The third-order valence-electron chi connectivity index (χ3n) is 4.19. The highest BCUT2D eigenvalue weighted by molar-refractivity contribution is 7.86. The molecule has 0 aliphatic carbocycles. The summed E-state index contributed by atoms with van der Waals surface area (Å²) in [6.45, 7) is 4.00. The van der Waals surface area contributed by atoms with Gasteiger partial charge in [0.15, 0.2) is 0 Å². The van der Waals surface area contributed by atoms with Gasteiger partial charge in [-0.2, -0.15) is 17.0 Å². The van der Waals surface area contributed by atoms with Crippen LogP contribution in [0.4, 0.5) is 0 Å². The fraction of sp³-hybridized carbons (Fsp3) is 0.923. The molecule has 2 heterocycles. The lowest BCUT2D eigenvalue weighted by molar-refractivity contribution is -0.146. The Bertz CT molecular complexity index is 451. The van der Waals surface area contributed by atoms with Gasteiger partial charge in [-0.3, -0.25) is 4.79 Å². The van der Waals surface area contributed by atoms with Crippen LogP contribution in [0.1, 0.15) is 32.6 Å². The van der Waals surface area contributed by atoms with Gasteiger partial charge in [-0.1, -0.05) is 6.92 Å². The highest BCUT2D eigenvalue weighted by Crippen LogP contribution is 2.25. The standard InChI is InChI=1S/C13H24N2O4S/c1-11-5-3-7-14(9-11)20(17,18)15-8-4-6-12(10-15)13(16)19-2/h11-12H,3-10H2,1-2H3. The average Bonchev–Trinajstić information content (AvgIpc) is 2.46. The van der Waals surface area contributed by atoms with Crippen LogP contribution in [-0.4, -0.2) is 56.3 Å². The summed E-state index contributed by atoms with van der Waals surface area (Å²) in [5, 5.41) is 0. The summed E-state index contributed by atoms with van der Waals surface area (Å²) in [5.74, 6) is -0.234. The first kappa shape index (κ1) is 15.7. The molecule has 2 aliphatic rings. The fourth-order valence-electron chi connectivity index (χ4n) is 3.03. The van der Waals surface area contributed by atoms with E-state index in [1.54, 1.807) is 4.31 Å². The Hall–Kier alpha value is -0.660. The number of hydrogen-bond donors (Lipinski definition) is 0. The van der Waals surface area contributed by atoms with Crippen molar-refractivity contribution in [3.8, 4) is 0 Å². The second-order valence-electron chi connectivity index (χ2n) is 5.83. The largest absolute Gasteiger partial charge is 0.469 e. The lowest BCUT2D eigenvalue weighted by Crippen LogP contribution is -2.51. The van der Waals surface area contributed by atoms with E-state index < -0.39 is 10.2 Å². The molecule has 7 heteroatoms. The fourth-order valence-corrected chi connectivity index (χ4v) is 4.89. The van der Waals surface area contributed by atoms with Gasteiger partial charge in [-0.05, 0) is 31.6 Å². The van der Waals surface area contributed by atoms with Crippen molar-refractivity contribution in [1.82, 2.24) is 8.61 Å². The molecular weight excluding hydrogens is 280 g/mol. The van der Waals surface area contributed by atoms with Crippen molar-refractivity contribution in [3.63, 3.8) is 0 Å². The second kappa shape index (κ2) is 6.41. The average molecular weight is 304 g/mol. The van der Waals surface area contributed by atoms with Crippen LogP contribution in [0.25, 0.3) is 0 Å². The van der Waals surface area contributed by atoms with E-state index in [-0.39, 0.29) is 18.4 Å². The summed E-state index contributed by atoms with van der Waals surface area (Å²) in [7, 11) is -2.08. The van der Waals surface area contributed by atoms with Crippen LogP contribution in [0.5, 0.6) is 0 Å². The summed E-state index contributed by atoms with van der Waals surface area (Å²) in [6.07, 6.45) is 3.41. The number of nitrogens with zero attached hydrogens (tertiary/aromatic N) is 2. The van der Waals surface area contributed by atoms with Crippen LogP contribution in [0, 0.1) is 11.8 Å². The Kier molecular flexibility index (Phi) is 5.04. The molecule has 0 radical (unpaired) electrons. The Labute approximate surface area is 121 Å². The summed E-state index contributed by atoms with van der Waals surface area (Å²) in [5.41, 5.74) is 0. The zero-order valence-electron chi connectivity index (χ0n) is 12.2. The van der Waals surface area contributed by atoms with Gasteiger partial charge in [0, 0.05) is 26.2 Å². The van der Waals surface area contributed by atoms with Crippen LogP contribution in [-0.2, 0) is 19.7 Å². The van der Waals surface area contributed by atoms with Crippen molar-refractivity contribution < 1.29 is 17.9 Å². The van der Waals surface area contributed by atoms with E-state index in [0.29, 0.717) is 38.4 Å². The number of carbonyl (C=O) groups excluding carboxylic acids is 1. The van der Waals surface area contributed by atoms with E-state index in [2.05, 4.69) is 6.92 Å². The molecular formula is C13H24N2O4S. The van der Waals surface area contributed by atoms with Crippen molar-refractivity contribution in [2.45, 2.75) is 32.6 Å². The first-order chi connectivity index (χ1) is 9.45. The van der Waals surface area contributed by atoms with E-state index >= 15 is 0 Å². The van der Waals surface area contributed by atoms with E-state index in [9.17, 15) is 13.2 Å². The highest BCUT2D eigenvalue weighted by Gasteiger charge is 2.37. The van der Waals surface area contributed by atoms with Gasteiger partial charge >= 0.3 is 5.97 Å². The second-order valence-corrected chi connectivity index (χ2v) is 7.76. The summed E-state index contributed by atoms with van der Waals surface area (Å²) in [4.78, 5) is 11.6. The number of methoxy groups -OCH3 is 1. The van der Waals surface area contributed by atoms with Crippen LogP contribution >= 0.6 is 0 Å². The van der Waals surface area contributed by atoms with Crippen LogP contribution in [0.3, 0.4) is 0 Å². The Morgan fingerprint density at radius 3 is 2.30 bits per heavy atom. The van der Waals surface area contributed by atoms with Gasteiger partial charge in [-0.15, -0.1) is 0 Å². The molecule has 2 unspecified atom stereocenters. The molecule has 0 bridgehead atoms. The highest BCUT2D eigenvalue weighted by atomic mass is 32.2. The minimum atomic E-state index is -3.43. The first-order valence-corrected chi connectivity index (χ1v) is 8.68. The monoisotopic (exact) mass is 304 g/mol. The minimum Gasteiger partial charge on any atom is -0.469 e. The number of piperidine rings is 2. The lowest BCUT2D eigenvalue weighted by atomic mass is 10.0. The molecule has 2 atom stereocenters. The molecule has 0 N–H and O–H groups in total. The van der Waals surface area contributed by atoms with Crippen molar-refractivity contribution in [1.29, 1.82) is 0 Å². The molecule has 2 saturated heterocycles.